The van der Waals surface area contributed by atoms with Crippen molar-refractivity contribution in [3.05, 3.63) is 39.4 Å². The van der Waals surface area contributed by atoms with Crippen molar-refractivity contribution in [3.8, 4) is 0 Å². The molecule has 6 heteroatoms. The van der Waals surface area contributed by atoms with E-state index in [2.05, 4.69) is 6.92 Å². The zero-order chi connectivity index (χ0) is 14.9. The van der Waals surface area contributed by atoms with Gasteiger partial charge in [0.1, 0.15) is 0 Å². The molecule has 0 aromatic heterocycles. The molecular weight excluding hydrogens is 276 g/mol. The molecule has 1 aliphatic rings. The van der Waals surface area contributed by atoms with Crippen LogP contribution in [-0.2, 0) is 0 Å². The number of rotatable bonds is 2. The molecule has 0 aliphatic carbocycles. The molecule has 0 bridgehead atoms. The number of benzene rings is 1. The lowest BCUT2D eigenvalue weighted by Crippen LogP contribution is -2.48. The number of hydrogen-bond donors (Lipinski definition) is 0. The van der Waals surface area contributed by atoms with Crippen LogP contribution in [0.25, 0.3) is 0 Å². The van der Waals surface area contributed by atoms with Crippen LogP contribution in [0.4, 0.5) is 5.69 Å². The summed E-state index contributed by atoms with van der Waals surface area (Å²) in [7, 11) is 0. The number of thioether (sulfide) groups is 1. The smallest absolute Gasteiger partial charge is 0.270 e. The highest BCUT2D eigenvalue weighted by Crippen LogP contribution is 2.27. The van der Waals surface area contributed by atoms with Crippen LogP contribution in [0.2, 0.25) is 0 Å². The van der Waals surface area contributed by atoms with Gasteiger partial charge >= 0.3 is 0 Å². The first-order valence-electron chi connectivity index (χ1n) is 6.59. The number of nitro groups is 1. The Kier molecular flexibility index (Phi) is 4.32. The fourth-order valence-electron chi connectivity index (χ4n) is 2.33. The molecule has 1 amide bonds. The summed E-state index contributed by atoms with van der Waals surface area (Å²) in [6, 6.07) is 4.60. The Morgan fingerprint density at radius 3 is 2.80 bits per heavy atom. The van der Waals surface area contributed by atoms with Crippen LogP contribution in [0.15, 0.2) is 18.2 Å². The predicted molar refractivity (Wildman–Crippen MR) is 80.3 cm³/mol. The molecule has 0 unspecified atom stereocenters. The van der Waals surface area contributed by atoms with Crippen LogP contribution >= 0.6 is 11.8 Å². The zero-order valence-electron chi connectivity index (χ0n) is 11.8. The molecule has 0 N–H and O–H groups in total. The van der Waals surface area contributed by atoms with Crippen molar-refractivity contribution in [2.45, 2.75) is 32.1 Å². The van der Waals surface area contributed by atoms with E-state index in [1.54, 1.807) is 6.07 Å². The number of nitro benzene ring substituents is 1. The average molecular weight is 294 g/mol. The molecule has 2 atom stereocenters. The molecule has 1 saturated heterocycles. The molecule has 1 heterocycles. The van der Waals surface area contributed by atoms with Gasteiger partial charge in [0.25, 0.3) is 11.6 Å². The Bertz CT molecular complexity index is 547. The van der Waals surface area contributed by atoms with Gasteiger partial charge < -0.3 is 4.90 Å². The van der Waals surface area contributed by atoms with E-state index in [0.717, 1.165) is 11.3 Å². The molecule has 0 saturated carbocycles. The van der Waals surface area contributed by atoms with Gasteiger partial charge in [0.2, 0.25) is 0 Å². The number of carbonyl (C=O) groups excluding carboxylic acids is 1. The van der Waals surface area contributed by atoms with Crippen LogP contribution in [0.5, 0.6) is 0 Å². The quantitative estimate of drug-likeness (QED) is 0.621. The predicted octanol–water partition coefficient (Wildman–Crippen LogP) is 2.87. The molecule has 1 aromatic carbocycles. The number of aryl methyl sites for hydroxylation is 1. The van der Waals surface area contributed by atoms with Crippen LogP contribution in [-0.4, -0.2) is 39.3 Å². The minimum absolute atomic E-state index is 0.0361. The minimum atomic E-state index is -0.464. The molecule has 2 rings (SSSR count). The maximum Gasteiger partial charge on any atom is 0.270 e. The van der Waals surface area contributed by atoms with E-state index in [4.69, 9.17) is 0 Å². The molecule has 20 heavy (non-hydrogen) atoms. The van der Waals surface area contributed by atoms with E-state index in [9.17, 15) is 14.9 Å². The normalized spacial score (nSPS) is 22.6. The Balaban J connectivity index is 2.33. The molecule has 5 nitrogen and oxygen atoms in total. The summed E-state index contributed by atoms with van der Waals surface area (Å²) < 4.78 is 0. The minimum Gasteiger partial charge on any atom is -0.334 e. The molecule has 1 aromatic rings. The van der Waals surface area contributed by atoms with Crippen molar-refractivity contribution in [2.75, 3.05) is 12.3 Å². The SMILES string of the molecule is Cc1ccc([N+](=O)[O-])cc1C(=O)N1CCS[C@@H](C)[C@H]1C. The van der Waals surface area contributed by atoms with E-state index in [0.29, 0.717) is 17.4 Å². The summed E-state index contributed by atoms with van der Waals surface area (Å²) in [6.07, 6.45) is 0. The second kappa shape index (κ2) is 5.83. The highest BCUT2D eigenvalue weighted by atomic mass is 32.2. The Labute approximate surface area is 122 Å². The van der Waals surface area contributed by atoms with E-state index < -0.39 is 4.92 Å². The fraction of sp³-hybridized carbons (Fsp3) is 0.500. The third kappa shape index (κ3) is 2.80. The van der Waals surface area contributed by atoms with E-state index in [-0.39, 0.29) is 17.6 Å². The Morgan fingerprint density at radius 2 is 2.15 bits per heavy atom. The highest BCUT2D eigenvalue weighted by molar-refractivity contribution is 8.00. The van der Waals surface area contributed by atoms with Crippen LogP contribution in [0.1, 0.15) is 29.8 Å². The van der Waals surface area contributed by atoms with E-state index >= 15 is 0 Å². The maximum absolute atomic E-state index is 12.6. The van der Waals surface area contributed by atoms with Crippen LogP contribution in [0.3, 0.4) is 0 Å². The Hall–Kier alpha value is -1.56. The van der Waals surface area contributed by atoms with Gasteiger partial charge in [0.15, 0.2) is 0 Å². The molecule has 1 fully saturated rings. The summed E-state index contributed by atoms with van der Waals surface area (Å²) in [5, 5.41) is 11.2. The van der Waals surface area contributed by atoms with Crippen molar-refractivity contribution in [2.24, 2.45) is 0 Å². The summed E-state index contributed by atoms with van der Waals surface area (Å²) in [5.41, 5.74) is 1.18. The summed E-state index contributed by atoms with van der Waals surface area (Å²) >= 11 is 1.85. The Morgan fingerprint density at radius 1 is 1.45 bits per heavy atom. The van der Waals surface area contributed by atoms with E-state index in [1.807, 2.05) is 30.5 Å². The first-order chi connectivity index (χ1) is 9.41. The van der Waals surface area contributed by atoms with Crippen LogP contribution < -0.4 is 0 Å². The lowest BCUT2D eigenvalue weighted by Gasteiger charge is -2.37. The monoisotopic (exact) mass is 294 g/mol. The van der Waals surface area contributed by atoms with E-state index in [1.165, 1.54) is 12.1 Å². The van der Waals surface area contributed by atoms with Crippen molar-refractivity contribution in [1.29, 1.82) is 0 Å². The molecule has 108 valence electrons. The average Bonchev–Trinajstić information content (AvgIpc) is 2.41. The fourth-order valence-corrected chi connectivity index (χ4v) is 3.43. The summed E-state index contributed by atoms with van der Waals surface area (Å²) in [5.74, 6) is 0.802. The second-order valence-electron chi connectivity index (χ2n) is 5.07. The van der Waals surface area contributed by atoms with Crippen LogP contribution in [0, 0.1) is 17.0 Å². The number of nitrogens with zero attached hydrogens (tertiary/aromatic N) is 2. The van der Waals surface area contributed by atoms with Gasteiger partial charge in [0, 0.05) is 41.3 Å². The van der Waals surface area contributed by atoms with Gasteiger partial charge in [-0.3, -0.25) is 14.9 Å². The zero-order valence-corrected chi connectivity index (χ0v) is 12.6. The number of carbonyl (C=O) groups is 1. The van der Waals surface area contributed by atoms with Gasteiger partial charge in [-0.15, -0.1) is 0 Å². The van der Waals surface area contributed by atoms with Gasteiger partial charge in [-0.25, -0.2) is 0 Å². The largest absolute Gasteiger partial charge is 0.334 e. The summed E-state index contributed by atoms with van der Waals surface area (Å²) in [4.78, 5) is 24.9. The van der Waals surface area contributed by atoms with Gasteiger partial charge in [-0.1, -0.05) is 13.0 Å². The van der Waals surface area contributed by atoms with Gasteiger partial charge in [-0.05, 0) is 19.4 Å². The third-order valence-corrected chi connectivity index (χ3v) is 5.15. The third-order valence-electron chi connectivity index (χ3n) is 3.81. The topological polar surface area (TPSA) is 63.5 Å². The number of amides is 1. The van der Waals surface area contributed by atoms with Crippen molar-refractivity contribution >= 4 is 23.4 Å². The van der Waals surface area contributed by atoms with Gasteiger partial charge in [-0.2, -0.15) is 11.8 Å². The number of non-ortho nitro benzene ring substituents is 1. The summed E-state index contributed by atoms with van der Waals surface area (Å²) in [6.45, 7) is 6.64. The van der Waals surface area contributed by atoms with Crippen molar-refractivity contribution < 1.29 is 9.72 Å². The molecular formula is C14H18N2O3S. The lowest BCUT2D eigenvalue weighted by molar-refractivity contribution is -0.384. The lowest BCUT2D eigenvalue weighted by atomic mass is 10.0. The maximum atomic E-state index is 12.6. The first-order valence-corrected chi connectivity index (χ1v) is 7.64. The molecule has 1 aliphatic heterocycles. The molecule has 0 radical (unpaired) electrons. The highest BCUT2D eigenvalue weighted by Gasteiger charge is 2.30. The first kappa shape index (κ1) is 14.8. The second-order valence-corrected chi connectivity index (χ2v) is 6.56. The van der Waals surface area contributed by atoms with Gasteiger partial charge in [0.05, 0.1) is 4.92 Å². The van der Waals surface area contributed by atoms with Crippen molar-refractivity contribution in [3.63, 3.8) is 0 Å². The van der Waals surface area contributed by atoms with Crippen molar-refractivity contribution in [1.82, 2.24) is 4.90 Å². The standard InChI is InChI=1S/C14H18N2O3S/c1-9-4-5-12(16(18)19)8-13(9)14(17)15-6-7-20-11(3)10(15)2/h4-5,8,10-11H,6-7H2,1-3H3/t10-,11+/m1/s1. The molecule has 0 spiro atoms. The number of hydrogen-bond acceptors (Lipinski definition) is 4.